The van der Waals surface area contributed by atoms with Crippen molar-refractivity contribution in [3.05, 3.63) is 102 Å². The van der Waals surface area contributed by atoms with Gasteiger partial charge in [0.2, 0.25) is 0 Å². The number of nitrogens with one attached hydrogen (secondary N) is 1. The van der Waals surface area contributed by atoms with Gasteiger partial charge in [-0.1, -0.05) is 60.7 Å². The summed E-state index contributed by atoms with van der Waals surface area (Å²) in [4.78, 5) is 13.5. The van der Waals surface area contributed by atoms with E-state index in [1.807, 2.05) is 89.7 Å². The average molecular weight is 440 g/mol. The second-order valence-corrected chi connectivity index (χ2v) is 7.98. The number of carbonyl (C=O) groups excluding carboxylic acids is 1. The van der Waals surface area contributed by atoms with Gasteiger partial charge < -0.3 is 14.8 Å². The molecule has 2 heterocycles. The molecule has 3 aromatic carbocycles. The van der Waals surface area contributed by atoms with Crippen molar-refractivity contribution in [2.24, 2.45) is 0 Å². The van der Waals surface area contributed by atoms with Crippen LogP contribution in [-0.2, 0) is 6.54 Å². The first-order valence-electron chi connectivity index (χ1n) is 11.0. The fourth-order valence-corrected chi connectivity index (χ4v) is 4.21. The number of rotatable bonds is 6. The zero-order chi connectivity index (χ0) is 22.6. The molecule has 166 valence electrons. The molecule has 0 saturated heterocycles. The second-order valence-electron chi connectivity index (χ2n) is 7.98. The van der Waals surface area contributed by atoms with Crippen LogP contribution in [0.4, 0.5) is 0 Å². The van der Waals surface area contributed by atoms with Crippen LogP contribution in [0.3, 0.4) is 0 Å². The van der Waals surface area contributed by atoms with Gasteiger partial charge in [-0.3, -0.25) is 9.48 Å². The molecule has 0 bridgehead atoms. The first kappa shape index (κ1) is 20.8. The number of carbonyl (C=O) groups is 1. The number of fused-ring (bicyclic) bond motifs is 1. The van der Waals surface area contributed by atoms with Gasteiger partial charge in [-0.2, -0.15) is 5.10 Å². The number of methoxy groups -OCH3 is 1. The van der Waals surface area contributed by atoms with Crippen LogP contribution in [0.15, 0.2) is 85.1 Å². The maximum atomic E-state index is 13.5. The van der Waals surface area contributed by atoms with Crippen LogP contribution in [0.2, 0.25) is 0 Å². The number of hydrogen-bond donors (Lipinski definition) is 1. The van der Waals surface area contributed by atoms with Gasteiger partial charge >= 0.3 is 0 Å². The number of ether oxygens (including phenoxy) is 2. The monoisotopic (exact) mass is 439 g/mol. The highest BCUT2D eigenvalue weighted by Gasteiger charge is 2.26. The molecule has 5 rings (SSSR count). The molecule has 0 aliphatic carbocycles. The van der Waals surface area contributed by atoms with E-state index in [9.17, 15) is 4.79 Å². The number of hydrogen-bond acceptors (Lipinski definition) is 4. The van der Waals surface area contributed by atoms with Crippen LogP contribution in [0.1, 0.15) is 33.9 Å². The van der Waals surface area contributed by atoms with Crippen LogP contribution in [0.5, 0.6) is 11.5 Å². The Balaban J connectivity index is 1.51. The summed E-state index contributed by atoms with van der Waals surface area (Å²) in [7, 11) is 1.62. The normalized spacial score (nSPS) is 14.8. The van der Waals surface area contributed by atoms with Crippen LogP contribution in [0.25, 0.3) is 11.3 Å². The molecular weight excluding hydrogens is 414 g/mol. The van der Waals surface area contributed by atoms with E-state index in [-0.39, 0.29) is 11.9 Å². The third-order valence-corrected chi connectivity index (χ3v) is 5.82. The summed E-state index contributed by atoms with van der Waals surface area (Å²) < 4.78 is 13.1. The Hall–Kier alpha value is -4.06. The summed E-state index contributed by atoms with van der Waals surface area (Å²) in [5.74, 6) is 1.32. The number of nitrogens with zero attached hydrogens (tertiary/aromatic N) is 2. The van der Waals surface area contributed by atoms with Gasteiger partial charge in [0.15, 0.2) is 0 Å². The second kappa shape index (κ2) is 9.20. The Morgan fingerprint density at radius 3 is 2.67 bits per heavy atom. The van der Waals surface area contributed by atoms with E-state index in [1.165, 1.54) is 0 Å². The lowest BCUT2D eigenvalue weighted by molar-refractivity contribution is 0.0925. The van der Waals surface area contributed by atoms with E-state index >= 15 is 0 Å². The average Bonchev–Trinajstić information content (AvgIpc) is 3.28. The Kier molecular flexibility index (Phi) is 5.81. The van der Waals surface area contributed by atoms with Crippen molar-refractivity contribution in [2.75, 3.05) is 13.7 Å². The first-order chi connectivity index (χ1) is 16.2. The Bertz CT molecular complexity index is 1270. The Labute approximate surface area is 192 Å². The van der Waals surface area contributed by atoms with Crippen molar-refractivity contribution < 1.29 is 14.3 Å². The summed E-state index contributed by atoms with van der Waals surface area (Å²) in [6.07, 6.45) is 2.53. The highest BCUT2D eigenvalue weighted by molar-refractivity contribution is 6.00. The minimum Gasteiger partial charge on any atom is -0.496 e. The van der Waals surface area contributed by atoms with Gasteiger partial charge in [0.1, 0.15) is 17.2 Å². The molecule has 1 amide bonds. The topological polar surface area (TPSA) is 65.4 Å². The SMILES string of the molecule is COc1ccccc1-c1nn(Cc2ccccc2)cc1C(=O)N[C@H]1CCOc2ccccc21. The smallest absolute Gasteiger partial charge is 0.255 e. The predicted octanol–water partition coefficient (Wildman–Crippen LogP) is 4.86. The number of para-hydroxylation sites is 2. The summed E-state index contributed by atoms with van der Waals surface area (Å²) >= 11 is 0. The number of aromatic nitrogens is 2. The van der Waals surface area contributed by atoms with Gasteiger partial charge in [0, 0.05) is 23.7 Å². The molecule has 0 spiro atoms. The predicted molar refractivity (Wildman–Crippen MR) is 127 cm³/mol. The largest absolute Gasteiger partial charge is 0.496 e. The molecule has 1 aliphatic rings. The Morgan fingerprint density at radius 2 is 1.82 bits per heavy atom. The van der Waals surface area contributed by atoms with Crippen molar-refractivity contribution in [3.63, 3.8) is 0 Å². The standard InChI is InChI=1S/C27H25N3O3/c1-32-24-13-7-6-12-21(24)26-22(18-30(29-26)17-19-9-3-2-4-10-19)27(31)28-23-15-16-33-25-14-8-5-11-20(23)25/h2-14,18,23H,15-17H2,1H3,(H,28,31)/t23-/m0/s1. The molecule has 1 N–H and O–H groups in total. The van der Waals surface area contributed by atoms with Crippen molar-refractivity contribution in [3.8, 4) is 22.8 Å². The van der Waals surface area contributed by atoms with E-state index < -0.39 is 0 Å². The quantitative estimate of drug-likeness (QED) is 0.466. The van der Waals surface area contributed by atoms with E-state index in [0.29, 0.717) is 36.6 Å². The first-order valence-corrected chi connectivity index (χ1v) is 11.0. The van der Waals surface area contributed by atoms with E-state index in [0.717, 1.165) is 22.4 Å². The maximum absolute atomic E-state index is 13.5. The molecule has 0 unspecified atom stereocenters. The molecule has 1 atom stereocenters. The maximum Gasteiger partial charge on any atom is 0.255 e. The van der Waals surface area contributed by atoms with E-state index in [4.69, 9.17) is 14.6 Å². The lowest BCUT2D eigenvalue weighted by Gasteiger charge is -2.26. The van der Waals surface area contributed by atoms with Crippen molar-refractivity contribution in [1.82, 2.24) is 15.1 Å². The van der Waals surface area contributed by atoms with Crippen molar-refractivity contribution in [1.29, 1.82) is 0 Å². The zero-order valence-electron chi connectivity index (χ0n) is 18.4. The molecule has 6 nitrogen and oxygen atoms in total. The van der Waals surface area contributed by atoms with Crippen LogP contribution in [-0.4, -0.2) is 29.4 Å². The summed E-state index contributed by atoms with van der Waals surface area (Å²) in [6.45, 7) is 1.13. The van der Waals surface area contributed by atoms with Gasteiger partial charge in [-0.05, 0) is 23.8 Å². The minimum absolute atomic E-state index is 0.120. The Morgan fingerprint density at radius 1 is 1.06 bits per heavy atom. The highest BCUT2D eigenvalue weighted by atomic mass is 16.5. The van der Waals surface area contributed by atoms with Crippen LogP contribution < -0.4 is 14.8 Å². The van der Waals surface area contributed by atoms with Crippen LogP contribution >= 0.6 is 0 Å². The molecule has 0 saturated carbocycles. The summed E-state index contributed by atoms with van der Waals surface area (Å²) in [5, 5.41) is 8.00. The molecule has 0 fully saturated rings. The third kappa shape index (κ3) is 4.32. The summed E-state index contributed by atoms with van der Waals surface area (Å²) in [5.41, 5.74) is 3.99. The summed E-state index contributed by atoms with van der Waals surface area (Å²) in [6, 6.07) is 25.4. The molecule has 4 aromatic rings. The molecule has 6 heteroatoms. The van der Waals surface area contributed by atoms with E-state index in [2.05, 4.69) is 5.32 Å². The highest BCUT2D eigenvalue weighted by Crippen LogP contribution is 2.34. The van der Waals surface area contributed by atoms with Gasteiger partial charge in [0.05, 0.1) is 31.9 Å². The minimum atomic E-state index is -0.170. The molecule has 33 heavy (non-hydrogen) atoms. The molecule has 1 aliphatic heterocycles. The van der Waals surface area contributed by atoms with E-state index in [1.54, 1.807) is 7.11 Å². The number of amides is 1. The molecular formula is C27H25N3O3. The van der Waals surface area contributed by atoms with Crippen molar-refractivity contribution >= 4 is 5.91 Å². The lowest BCUT2D eigenvalue weighted by Crippen LogP contribution is -2.32. The van der Waals surface area contributed by atoms with Crippen LogP contribution in [0, 0.1) is 0 Å². The number of benzene rings is 3. The van der Waals surface area contributed by atoms with Crippen molar-refractivity contribution in [2.45, 2.75) is 19.0 Å². The molecule has 1 aromatic heterocycles. The third-order valence-electron chi connectivity index (χ3n) is 5.82. The molecule has 0 radical (unpaired) electrons. The van der Waals surface area contributed by atoms with Gasteiger partial charge in [-0.25, -0.2) is 0 Å². The fourth-order valence-electron chi connectivity index (χ4n) is 4.21. The lowest BCUT2D eigenvalue weighted by atomic mass is 9.99. The van der Waals surface area contributed by atoms with Gasteiger partial charge in [0.25, 0.3) is 5.91 Å². The van der Waals surface area contributed by atoms with Gasteiger partial charge in [-0.15, -0.1) is 0 Å². The fraction of sp³-hybridized carbons (Fsp3) is 0.185. The zero-order valence-corrected chi connectivity index (χ0v) is 18.4.